The summed E-state index contributed by atoms with van der Waals surface area (Å²) < 4.78 is 0. The van der Waals surface area contributed by atoms with Crippen molar-refractivity contribution in [2.45, 2.75) is 45.8 Å². The van der Waals surface area contributed by atoms with Gasteiger partial charge in [-0.05, 0) is 27.4 Å². The molecule has 16 heavy (non-hydrogen) atoms. The number of nitrogens with one attached hydrogen (secondary N) is 1. The molecule has 0 aliphatic rings. The molecule has 0 aliphatic carbocycles. The molecule has 0 saturated heterocycles. The molecule has 1 rings (SSSR count). The quantitative estimate of drug-likeness (QED) is 0.795. The van der Waals surface area contributed by atoms with Gasteiger partial charge in [0.15, 0.2) is 0 Å². The van der Waals surface area contributed by atoms with E-state index in [1.165, 1.54) is 23.5 Å². The lowest BCUT2D eigenvalue weighted by molar-refractivity contribution is 0.234. The summed E-state index contributed by atoms with van der Waals surface area (Å²) in [5.41, 5.74) is 1.20. The molecule has 1 atom stereocenters. The van der Waals surface area contributed by atoms with Crippen molar-refractivity contribution < 1.29 is 0 Å². The summed E-state index contributed by atoms with van der Waals surface area (Å²) >= 11 is 1.74. The molecule has 0 saturated carbocycles. The highest BCUT2D eigenvalue weighted by Crippen LogP contribution is 2.13. The van der Waals surface area contributed by atoms with Crippen LogP contribution in [-0.4, -0.2) is 30.0 Å². The molecule has 0 aliphatic heterocycles. The van der Waals surface area contributed by atoms with Crippen LogP contribution >= 0.6 is 11.3 Å². The van der Waals surface area contributed by atoms with Crippen molar-refractivity contribution in [3.8, 4) is 0 Å². The van der Waals surface area contributed by atoms with Gasteiger partial charge in [0, 0.05) is 24.5 Å². The minimum Gasteiger partial charge on any atom is -0.314 e. The topological polar surface area (TPSA) is 28.2 Å². The number of rotatable bonds is 7. The van der Waals surface area contributed by atoms with Crippen LogP contribution in [0.4, 0.5) is 0 Å². The van der Waals surface area contributed by atoms with Gasteiger partial charge in [0.05, 0.1) is 5.69 Å². The van der Waals surface area contributed by atoms with E-state index in [2.05, 4.69) is 41.5 Å². The fourth-order valence-corrected chi connectivity index (χ4v) is 2.50. The Labute approximate surface area is 103 Å². The summed E-state index contributed by atoms with van der Waals surface area (Å²) in [4.78, 5) is 6.97. The molecule has 0 bridgehead atoms. The smallest absolute Gasteiger partial charge is 0.107 e. The summed E-state index contributed by atoms with van der Waals surface area (Å²) in [5, 5.41) is 6.47. The van der Waals surface area contributed by atoms with Crippen molar-refractivity contribution in [3.05, 3.63) is 16.1 Å². The minimum atomic E-state index is 0.638. The van der Waals surface area contributed by atoms with Crippen LogP contribution in [0.1, 0.15) is 37.4 Å². The second kappa shape index (κ2) is 6.99. The summed E-state index contributed by atoms with van der Waals surface area (Å²) in [7, 11) is 4.13. The highest BCUT2D eigenvalue weighted by atomic mass is 32.1. The van der Waals surface area contributed by atoms with Crippen molar-refractivity contribution in [1.29, 1.82) is 0 Å². The number of hydrogen-bond donors (Lipinski definition) is 1. The molecule has 92 valence electrons. The lowest BCUT2D eigenvalue weighted by Gasteiger charge is -2.23. The van der Waals surface area contributed by atoms with Gasteiger partial charge in [-0.15, -0.1) is 11.3 Å². The molecule has 0 amide bonds. The van der Waals surface area contributed by atoms with E-state index in [0.717, 1.165) is 13.1 Å². The number of hydrogen-bond acceptors (Lipinski definition) is 4. The monoisotopic (exact) mass is 241 g/mol. The van der Waals surface area contributed by atoms with Gasteiger partial charge in [0.1, 0.15) is 5.01 Å². The van der Waals surface area contributed by atoms with E-state index >= 15 is 0 Å². The fraction of sp³-hybridized carbons (Fsp3) is 0.750. The summed E-state index contributed by atoms with van der Waals surface area (Å²) in [5.74, 6) is 0. The van der Waals surface area contributed by atoms with Crippen LogP contribution in [0.5, 0.6) is 0 Å². The maximum absolute atomic E-state index is 4.60. The standard InChI is InChI=1S/C12H23N3S/c1-5-6-10(2)15(4)8-11-9-16-12(14-11)7-13-3/h9-10,13H,5-8H2,1-4H3. The molecule has 1 unspecified atom stereocenters. The van der Waals surface area contributed by atoms with Gasteiger partial charge < -0.3 is 5.32 Å². The maximum Gasteiger partial charge on any atom is 0.107 e. The third kappa shape index (κ3) is 4.20. The molecule has 4 heteroatoms. The van der Waals surface area contributed by atoms with Gasteiger partial charge in [-0.2, -0.15) is 0 Å². The second-order valence-electron chi connectivity index (χ2n) is 4.32. The van der Waals surface area contributed by atoms with E-state index in [-0.39, 0.29) is 0 Å². The van der Waals surface area contributed by atoms with Gasteiger partial charge in [-0.1, -0.05) is 13.3 Å². The van der Waals surface area contributed by atoms with E-state index < -0.39 is 0 Å². The molecular weight excluding hydrogens is 218 g/mol. The molecule has 1 aromatic heterocycles. The van der Waals surface area contributed by atoms with Crippen LogP contribution in [0.3, 0.4) is 0 Å². The van der Waals surface area contributed by atoms with Gasteiger partial charge in [0.2, 0.25) is 0 Å². The normalized spacial score (nSPS) is 13.3. The predicted molar refractivity (Wildman–Crippen MR) is 70.7 cm³/mol. The van der Waals surface area contributed by atoms with E-state index in [0.29, 0.717) is 6.04 Å². The molecular formula is C12H23N3S. The largest absolute Gasteiger partial charge is 0.314 e. The Kier molecular flexibility index (Phi) is 5.95. The van der Waals surface area contributed by atoms with E-state index in [1.807, 2.05) is 7.05 Å². The fourth-order valence-electron chi connectivity index (χ4n) is 1.70. The average Bonchev–Trinajstić information content (AvgIpc) is 2.66. The Morgan fingerprint density at radius 1 is 1.56 bits per heavy atom. The Hall–Kier alpha value is -0.450. The molecule has 3 nitrogen and oxygen atoms in total. The first kappa shape index (κ1) is 13.6. The molecule has 1 heterocycles. The summed E-state index contributed by atoms with van der Waals surface area (Å²) in [6.45, 7) is 6.35. The van der Waals surface area contributed by atoms with Gasteiger partial charge in [-0.3, -0.25) is 4.90 Å². The van der Waals surface area contributed by atoms with Crippen LogP contribution < -0.4 is 5.32 Å². The second-order valence-corrected chi connectivity index (χ2v) is 5.26. The van der Waals surface area contributed by atoms with E-state index in [1.54, 1.807) is 11.3 Å². The van der Waals surface area contributed by atoms with Crippen molar-refractivity contribution in [2.75, 3.05) is 14.1 Å². The predicted octanol–water partition coefficient (Wildman–Crippen LogP) is 2.48. The lowest BCUT2D eigenvalue weighted by atomic mass is 10.2. The lowest BCUT2D eigenvalue weighted by Crippen LogP contribution is -2.28. The Morgan fingerprint density at radius 2 is 2.31 bits per heavy atom. The van der Waals surface area contributed by atoms with Gasteiger partial charge in [0.25, 0.3) is 0 Å². The zero-order valence-corrected chi connectivity index (χ0v) is 11.6. The zero-order chi connectivity index (χ0) is 12.0. The first-order valence-electron chi connectivity index (χ1n) is 5.95. The molecule has 0 aromatic carbocycles. The first-order valence-corrected chi connectivity index (χ1v) is 6.83. The molecule has 0 radical (unpaired) electrons. The maximum atomic E-state index is 4.60. The first-order chi connectivity index (χ1) is 7.67. The molecule has 1 aromatic rings. The molecule has 0 spiro atoms. The van der Waals surface area contributed by atoms with E-state index in [9.17, 15) is 0 Å². The highest BCUT2D eigenvalue weighted by Gasteiger charge is 2.10. The van der Waals surface area contributed by atoms with Gasteiger partial charge >= 0.3 is 0 Å². The van der Waals surface area contributed by atoms with Crippen LogP contribution in [0.25, 0.3) is 0 Å². The third-order valence-electron chi connectivity index (χ3n) is 2.80. The van der Waals surface area contributed by atoms with E-state index in [4.69, 9.17) is 0 Å². The third-order valence-corrected chi connectivity index (χ3v) is 3.70. The average molecular weight is 241 g/mol. The molecule has 0 fully saturated rings. The Morgan fingerprint density at radius 3 is 2.94 bits per heavy atom. The Balaban J connectivity index is 2.45. The summed E-state index contributed by atoms with van der Waals surface area (Å²) in [6, 6.07) is 0.638. The van der Waals surface area contributed by atoms with Crippen LogP contribution in [0, 0.1) is 0 Å². The zero-order valence-electron chi connectivity index (χ0n) is 10.8. The minimum absolute atomic E-state index is 0.638. The number of nitrogens with zero attached hydrogens (tertiary/aromatic N) is 2. The SMILES string of the molecule is CCCC(C)N(C)Cc1csc(CNC)n1. The summed E-state index contributed by atoms with van der Waals surface area (Å²) in [6.07, 6.45) is 2.50. The van der Waals surface area contributed by atoms with Crippen molar-refractivity contribution in [1.82, 2.24) is 15.2 Å². The highest BCUT2D eigenvalue weighted by molar-refractivity contribution is 7.09. The number of aromatic nitrogens is 1. The van der Waals surface area contributed by atoms with Crippen molar-refractivity contribution in [3.63, 3.8) is 0 Å². The van der Waals surface area contributed by atoms with Crippen molar-refractivity contribution in [2.24, 2.45) is 0 Å². The Bertz CT molecular complexity index is 298. The van der Waals surface area contributed by atoms with Crippen LogP contribution in [0.2, 0.25) is 0 Å². The van der Waals surface area contributed by atoms with Crippen LogP contribution in [0.15, 0.2) is 5.38 Å². The van der Waals surface area contributed by atoms with Crippen LogP contribution in [-0.2, 0) is 13.1 Å². The number of thiazole rings is 1. The van der Waals surface area contributed by atoms with Gasteiger partial charge in [-0.25, -0.2) is 4.98 Å². The van der Waals surface area contributed by atoms with Crippen molar-refractivity contribution >= 4 is 11.3 Å². The molecule has 1 N–H and O–H groups in total.